The molecule has 0 N–H and O–H groups in total. The van der Waals surface area contributed by atoms with Gasteiger partial charge in [0.15, 0.2) is 5.16 Å². The number of aromatic nitrogens is 2. The van der Waals surface area contributed by atoms with E-state index in [-0.39, 0.29) is 11.2 Å². The van der Waals surface area contributed by atoms with Crippen molar-refractivity contribution in [2.75, 3.05) is 0 Å². The van der Waals surface area contributed by atoms with Crippen LogP contribution in [0.3, 0.4) is 0 Å². The molecule has 0 amide bonds. The monoisotopic (exact) mass is 364 g/mol. The van der Waals surface area contributed by atoms with Crippen molar-refractivity contribution in [1.82, 2.24) is 9.55 Å². The molecule has 2 aromatic rings. The molecule has 0 aliphatic heterocycles. The normalized spacial score (nSPS) is 12.3. The maximum absolute atomic E-state index is 12.1. The third-order valence-electron chi connectivity index (χ3n) is 3.45. The number of esters is 1. The molecule has 1 aromatic carbocycles. The highest BCUT2D eigenvalue weighted by atomic mass is 33.1. The minimum Gasteiger partial charge on any atom is -0.460 e. The zero-order valence-electron chi connectivity index (χ0n) is 14.3. The average molecular weight is 365 g/mol. The molecule has 2 rings (SSSR count). The van der Waals surface area contributed by atoms with Gasteiger partial charge in [-0.1, -0.05) is 55.0 Å². The second kappa shape index (κ2) is 9.79. The maximum atomic E-state index is 12.1. The Bertz CT molecular complexity index is 629. The first-order chi connectivity index (χ1) is 11.6. The van der Waals surface area contributed by atoms with Gasteiger partial charge in [-0.05, 0) is 35.6 Å². The number of nitrogens with zero attached hydrogens (tertiary/aromatic N) is 2. The van der Waals surface area contributed by atoms with Crippen LogP contribution in [0.15, 0.2) is 47.9 Å². The van der Waals surface area contributed by atoms with Gasteiger partial charge in [0.2, 0.25) is 0 Å². The number of carbonyl (C=O) groups excluding carboxylic acids is 1. The molecule has 0 radical (unpaired) electrons. The van der Waals surface area contributed by atoms with E-state index in [4.69, 9.17) is 4.74 Å². The second-order valence-corrected chi connectivity index (χ2v) is 8.51. The topological polar surface area (TPSA) is 44.1 Å². The quantitative estimate of drug-likeness (QED) is 0.472. The van der Waals surface area contributed by atoms with Crippen LogP contribution in [0.4, 0.5) is 0 Å². The lowest BCUT2D eigenvalue weighted by Gasteiger charge is -2.12. The number of ether oxygens (including phenoxy) is 1. The van der Waals surface area contributed by atoms with Gasteiger partial charge in [-0.3, -0.25) is 4.79 Å². The van der Waals surface area contributed by atoms with Crippen LogP contribution in [0.5, 0.6) is 0 Å². The molecule has 0 saturated heterocycles. The largest absolute Gasteiger partial charge is 0.460 e. The summed E-state index contributed by atoms with van der Waals surface area (Å²) in [6.07, 6.45) is 4.91. The van der Waals surface area contributed by atoms with Crippen molar-refractivity contribution in [3.8, 4) is 0 Å². The summed E-state index contributed by atoms with van der Waals surface area (Å²) in [7, 11) is 3.02. The van der Waals surface area contributed by atoms with Crippen molar-refractivity contribution < 1.29 is 9.53 Å². The van der Waals surface area contributed by atoms with Gasteiger partial charge < -0.3 is 9.30 Å². The Labute approximate surface area is 151 Å². The fourth-order valence-corrected chi connectivity index (χ4v) is 4.02. The summed E-state index contributed by atoms with van der Waals surface area (Å²) in [6, 6.07) is 9.72. The maximum Gasteiger partial charge on any atom is 0.320 e. The number of aryl methyl sites for hydroxylation is 1. The van der Waals surface area contributed by atoms with E-state index in [1.807, 2.05) is 49.6 Å². The van der Waals surface area contributed by atoms with Gasteiger partial charge >= 0.3 is 5.97 Å². The van der Waals surface area contributed by atoms with E-state index in [0.29, 0.717) is 12.5 Å². The Morgan fingerprint density at radius 1 is 1.25 bits per heavy atom. The number of hydrogen-bond acceptors (Lipinski definition) is 5. The van der Waals surface area contributed by atoms with Gasteiger partial charge in [0.25, 0.3) is 0 Å². The standard InChI is InChI=1S/C18H24N2O2S2/c1-14(2)9-11-20-12-10-19-18(20)24-23-15(3)17(21)22-13-16-7-5-4-6-8-16/h4-8,10,12,14-15H,9,11,13H2,1-3H3. The molecule has 0 spiro atoms. The van der Waals surface area contributed by atoms with E-state index >= 15 is 0 Å². The van der Waals surface area contributed by atoms with Crippen molar-refractivity contribution in [3.63, 3.8) is 0 Å². The highest BCUT2D eigenvalue weighted by Crippen LogP contribution is 2.34. The summed E-state index contributed by atoms with van der Waals surface area (Å²) in [6.45, 7) is 7.56. The molecule has 0 fully saturated rings. The third kappa shape index (κ3) is 6.24. The van der Waals surface area contributed by atoms with Gasteiger partial charge in [0, 0.05) is 18.9 Å². The van der Waals surface area contributed by atoms with Crippen LogP contribution in [0.25, 0.3) is 0 Å². The SMILES string of the molecule is CC(C)CCn1ccnc1SSC(C)C(=O)OCc1ccccc1. The van der Waals surface area contributed by atoms with Gasteiger partial charge in [-0.2, -0.15) is 0 Å². The summed E-state index contributed by atoms with van der Waals surface area (Å²) in [5, 5.41) is 0.692. The second-order valence-electron chi connectivity index (χ2n) is 6.00. The summed E-state index contributed by atoms with van der Waals surface area (Å²) < 4.78 is 7.51. The smallest absolute Gasteiger partial charge is 0.320 e. The van der Waals surface area contributed by atoms with Crippen LogP contribution in [0.2, 0.25) is 0 Å². The number of rotatable bonds is 9. The first kappa shape index (κ1) is 18.9. The molecular weight excluding hydrogens is 340 g/mol. The lowest BCUT2D eigenvalue weighted by atomic mass is 10.1. The molecule has 0 bridgehead atoms. The molecule has 130 valence electrons. The first-order valence-corrected chi connectivity index (χ1v) is 10.3. The molecule has 24 heavy (non-hydrogen) atoms. The van der Waals surface area contributed by atoms with Crippen LogP contribution in [0.1, 0.15) is 32.8 Å². The van der Waals surface area contributed by atoms with Crippen molar-refractivity contribution in [2.24, 2.45) is 5.92 Å². The van der Waals surface area contributed by atoms with E-state index < -0.39 is 0 Å². The summed E-state index contributed by atoms with van der Waals surface area (Å²) in [4.78, 5) is 16.5. The molecule has 0 aliphatic rings. The molecule has 4 nitrogen and oxygen atoms in total. The molecule has 0 aliphatic carbocycles. The van der Waals surface area contributed by atoms with E-state index in [2.05, 4.69) is 23.4 Å². The van der Waals surface area contributed by atoms with E-state index in [9.17, 15) is 4.79 Å². The average Bonchev–Trinajstić information content (AvgIpc) is 3.04. The Kier molecular flexibility index (Phi) is 7.72. The van der Waals surface area contributed by atoms with Crippen LogP contribution >= 0.6 is 21.6 Å². The molecular formula is C18H24N2O2S2. The molecule has 0 saturated carbocycles. The Balaban J connectivity index is 1.77. The van der Waals surface area contributed by atoms with Crippen LogP contribution in [-0.4, -0.2) is 20.8 Å². The van der Waals surface area contributed by atoms with E-state index in [1.54, 1.807) is 0 Å². The Morgan fingerprint density at radius 3 is 2.71 bits per heavy atom. The predicted octanol–water partition coefficient (Wildman–Crippen LogP) is 4.80. The van der Waals surface area contributed by atoms with E-state index in [0.717, 1.165) is 23.7 Å². The number of imidazole rings is 1. The fraction of sp³-hybridized carbons (Fsp3) is 0.444. The highest BCUT2D eigenvalue weighted by molar-refractivity contribution is 8.77. The van der Waals surface area contributed by atoms with Gasteiger partial charge in [-0.25, -0.2) is 4.98 Å². The highest BCUT2D eigenvalue weighted by Gasteiger charge is 2.17. The fourth-order valence-electron chi connectivity index (χ4n) is 1.95. The number of hydrogen-bond donors (Lipinski definition) is 0. The van der Waals surface area contributed by atoms with Crippen LogP contribution < -0.4 is 0 Å². The molecule has 1 unspecified atom stereocenters. The predicted molar refractivity (Wildman–Crippen MR) is 101 cm³/mol. The van der Waals surface area contributed by atoms with Gasteiger partial charge in [-0.15, -0.1) is 0 Å². The van der Waals surface area contributed by atoms with Gasteiger partial charge in [0.1, 0.15) is 11.9 Å². The number of benzene rings is 1. The molecule has 1 atom stereocenters. The summed E-state index contributed by atoms with van der Waals surface area (Å²) >= 11 is 0. The van der Waals surface area contributed by atoms with E-state index in [1.165, 1.54) is 21.6 Å². The first-order valence-electron chi connectivity index (χ1n) is 8.11. The summed E-state index contributed by atoms with van der Waals surface area (Å²) in [5.41, 5.74) is 1.000. The minimum absolute atomic E-state index is 0.198. The van der Waals surface area contributed by atoms with Gasteiger partial charge in [0.05, 0.1) is 0 Å². The Morgan fingerprint density at radius 2 is 2.00 bits per heavy atom. The molecule has 6 heteroatoms. The molecule has 1 aromatic heterocycles. The van der Waals surface area contributed by atoms with Crippen LogP contribution in [0, 0.1) is 5.92 Å². The van der Waals surface area contributed by atoms with Crippen molar-refractivity contribution in [3.05, 3.63) is 48.3 Å². The lowest BCUT2D eigenvalue weighted by Crippen LogP contribution is -2.16. The zero-order chi connectivity index (χ0) is 17.4. The number of carbonyl (C=O) groups is 1. The van der Waals surface area contributed by atoms with Crippen molar-refractivity contribution >= 4 is 27.6 Å². The third-order valence-corrected chi connectivity index (χ3v) is 6.12. The van der Waals surface area contributed by atoms with Crippen molar-refractivity contribution in [2.45, 2.75) is 50.8 Å². The molecule has 1 heterocycles. The Hall–Kier alpha value is -1.40. The lowest BCUT2D eigenvalue weighted by molar-refractivity contribution is -0.143. The zero-order valence-corrected chi connectivity index (χ0v) is 16.0. The summed E-state index contributed by atoms with van der Waals surface area (Å²) in [5.74, 6) is 0.460. The van der Waals surface area contributed by atoms with Crippen molar-refractivity contribution in [1.29, 1.82) is 0 Å². The van der Waals surface area contributed by atoms with Crippen LogP contribution in [-0.2, 0) is 22.7 Å². The minimum atomic E-state index is -0.242.